The number of hydrogen-bond acceptors (Lipinski definition) is 1. The van der Waals surface area contributed by atoms with Crippen LogP contribution in [0.3, 0.4) is 0 Å². The molecule has 1 aromatic carbocycles. The van der Waals surface area contributed by atoms with Crippen molar-refractivity contribution in [3.05, 3.63) is 27.7 Å². The van der Waals surface area contributed by atoms with E-state index in [-0.39, 0.29) is 5.38 Å². The van der Waals surface area contributed by atoms with Crippen LogP contribution in [-0.4, -0.2) is 6.61 Å². The van der Waals surface area contributed by atoms with Crippen LogP contribution in [0.25, 0.3) is 0 Å². The van der Waals surface area contributed by atoms with Gasteiger partial charge in [0.05, 0.1) is 12.0 Å². The molecule has 1 aliphatic rings. The molecule has 0 amide bonds. The molecule has 0 fully saturated rings. The molecule has 1 aliphatic heterocycles. The third-order valence-electron chi connectivity index (χ3n) is 3.54. The van der Waals surface area contributed by atoms with Crippen LogP contribution in [0.4, 0.5) is 0 Å². The van der Waals surface area contributed by atoms with Crippen LogP contribution in [0.5, 0.6) is 5.75 Å². The topological polar surface area (TPSA) is 9.23 Å². The molecule has 0 aromatic heterocycles. The number of hydrogen-bond donors (Lipinski definition) is 0. The van der Waals surface area contributed by atoms with Crippen LogP contribution in [0, 0.1) is 5.92 Å². The Morgan fingerprint density at radius 3 is 2.71 bits per heavy atom. The fourth-order valence-electron chi connectivity index (χ4n) is 2.46. The molecule has 3 heteroatoms. The smallest absolute Gasteiger partial charge is 0.127 e. The quantitative estimate of drug-likeness (QED) is 0.702. The second-order valence-electron chi connectivity index (χ2n) is 4.56. The fraction of sp³-hybridized carbons (Fsp3) is 0.571. The van der Waals surface area contributed by atoms with E-state index < -0.39 is 0 Å². The SMILES string of the molecule is CCC(CC)C(Cl)c1cc(Br)cc2c1OCC2. The maximum Gasteiger partial charge on any atom is 0.127 e. The molecule has 94 valence electrons. The van der Waals surface area contributed by atoms with Crippen molar-refractivity contribution in [2.45, 2.75) is 38.5 Å². The summed E-state index contributed by atoms with van der Waals surface area (Å²) in [6.45, 7) is 5.18. The number of alkyl halides is 1. The normalized spacial score (nSPS) is 15.8. The molecule has 1 aromatic rings. The summed E-state index contributed by atoms with van der Waals surface area (Å²) in [5.41, 5.74) is 2.44. The van der Waals surface area contributed by atoms with E-state index in [4.69, 9.17) is 16.3 Å². The average Bonchev–Trinajstić information content (AvgIpc) is 2.77. The number of benzene rings is 1. The van der Waals surface area contributed by atoms with Gasteiger partial charge < -0.3 is 4.74 Å². The molecule has 1 atom stereocenters. The summed E-state index contributed by atoms with van der Waals surface area (Å²) in [7, 11) is 0. The highest BCUT2D eigenvalue weighted by Gasteiger charge is 2.26. The Hall–Kier alpha value is -0.210. The molecule has 17 heavy (non-hydrogen) atoms. The van der Waals surface area contributed by atoms with Crippen molar-refractivity contribution in [1.82, 2.24) is 0 Å². The Bertz CT molecular complexity index is 401. The van der Waals surface area contributed by atoms with Crippen molar-refractivity contribution in [2.75, 3.05) is 6.61 Å². The second-order valence-corrected chi connectivity index (χ2v) is 5.95. The summed E-state index contributed by atoms with van der Waals surface area (Å²) in [5.74, 6) is 1.54. The number of halogens is 2. The van der Waals surface area contributed by atoms with Crippen LogP contribution in [0.2, 0.25) is 0 Å². The molecule has 0 saturated heterocycles. The van der Waals surface area contributed by atoms with Gasteiger partial charge in [-0.05, 0) is 23.6 Å². The monoisotopic (exact) mass is 316 g/mol. The molecule has 1 heterocycles. The minimum absolute atomic E-state index is 0.0503. The molecule has 0 bridgehead atoms. The van der Waals surface area contributed by atoms with E-state index >= 15 is 0 Å². The molecule has 1 nitrogen and oxygen atoms in total. The zero-order chi connectivity index (χ0) is 12.4. The van der Waals surface area contributed by atoms with Crippen LogP contribution >= 0.6 is 27.5 Å². The lowest BCUT2D eigenvalue weighted by molar-refractivity contribution is 0.348. The summed E-state index contributed by atoms with van der Waals surface area (Å²) >= 11 is 10.2. The summed E-state index contributed by atoms with van der Waals surface area (Å²) in [6, 6.07) is 4.25. The summed E-state index contributed by atoms with van der Waals surface area (Å²) in [5, 5.41) is 0.0503. The second kappa shape index (κ2) is 5.62. The summed E-state index contributed by atoms with van der Waals surface area (Å²) in [4.78, 5) is 0. The lowest BCUT2D eigenvalue weighted by Gasteiger charge is -2.21. The van der Waals surface area contributed by atoms with Crippen molar-refractivity contribution in [3.63, 3.8) is 0 Å². The Balaban J connectivity index is 2.38. The Morgan fingerprint density at radius 2 is 2.06 bits per heavy atom. The first kappa shape index (κ1) is 13.2. The van der Waals surface area contributed by atoms with Crippen LogP contribution in [0.1, 0.15) is 43.2 Å². The number of rotatable bonds is 4. The maximum absolute atomic E-state index is 6.63. The average molecular weight is 318 g/mol. The minimum atomic E-state index is 0.0503. The molecule has 0 aliphatic carbocycles. The van der Waals surface area contributed by atoms with Crippen molar-refractivity contribution in [1.29, 1.82) is 0 Å². The first-order chi connectivity index (χ1) is 8.17. The van der Waals surface area contributed by atoms with E-state index in [2.05, 4.69) is 41.9 Å². The first-order valence-electron chi connectivity index (χ1n) is 6.26. The molecule has 2 rings (SSSR count). The highest BCUT2D eigenvalue weighted by atomic mass is 79.9. The van der Waals surface area contributed by atoms with Crippen LogP contribution in [-0.2, 0) is 6.42 Å². The van der Waals surface area contributed by atoms with Gasteiger partial charge in [0.2, 0.25) is 0 Å². The number of fused-ring (bicyclic) bond motifs is 1. The lowest BCUT2D eigenvalue weighted by Crippen LogP contribution is -2.07. The van der Waals surface area contributed by atoms with Crippen LogP contribution < -0.4 is 4.74 Å². The predicted octanol–water partition coefficient (Wildman–Crippen LogP) is 5.10. The highest BCUT2D eigenvalue weighted by Crippen LogP contribution is 2.43. The zero-order valence-electron chi connectivity index (χ0n) is 10.3. The Kier molecular flexibility index (Phi) is 4.37. The fourth-order valence-corrected chi connectivity index (χ4v) is 3.50. The van der Waals surface area contributed by atoms with Crippen molar-refractivity contribution < 1.29 is 4.74 Å². The summed E-state index contributed by atoms with van der Waals surface area (Å²) in [6.07, 6.45) is 3.20. The van der Waals surface area contributed by atoms with Gasteiger partial charge in [0.1, 0.15) is 5.75 Å². The third-order valence-corrected chi connectivity index (χ3v) is 4.59. The molecule has 0 saturated carbocycles. The highest BCUT2D eigenvalue weighted by molar-refractivity contribution is 9.10. The van der Waals surface area contributed by atoms with Gasteiger partial charge in [0, 0.05) is 16.5 Å². The first-order valence-corrected chi connectivity index (χ1v) is 7.49. The van der Waals surface area contributed by atoms with E-state index in [0.29, 0.717) is 5.92 Å². The van der Waals surface area contributed by atoms with E-state index in [9.17, 15) is 0 Å². The molecule has 0 radical (unpaired) electrons. The third kappa shape index (κ3) is 2.63. The largest absolute Gasteiger partial charge is 0.493 e. The van der Waals surface area contributed by atoms with Gasteiger partial charge in [-0.2, -0.15) is 0 Å². The molecule has 0 spiro atoms. The maximum atomic E-state index is 6.63. The zero-order valence-corrected chi connectivity index (χ0v) is 12.6. The van der Waals surface area contributed by atoms with E-state index in [1.807, 2.05) is 0 Å². The molecular formula is C14H18BrClO. The van der Waals surface area contributed by atoms with Gasteiger partial charge in [0.15, 0.2) is 0 Å². The van der Waals surface area contributed by atoms with Crippen molar-refractivity contribution in [2.24, 2.45) is 5.92 Å². The predicted molar refractivity (Wildman–Crippen MR) is 76.0 cm³/mol. The van der Waals surface area contributed by atoms with Crippen LogP contribution in [0.15, 0.2) is 16.6 Å². The minimum Gasteiger partial charge on any atom is -0.493 e. The Morgan fingerprint density at radius 1 is 1.35 bits per heavy atom. The van der Waals surface area contributed by atoms with Gasteiger partial charge in [0.25, 0.3) is 0 Å². The molecule has 0 N–H and O–H groups in total. The van der Waals surface area contributed by atoms with Gasteiger partial charge >= 0.3 is 0 Å². The van der Waals surface area contributed by atoms with E-state index in [0.717, 1.165) is 41.7 Å². The van der Waals surface area contributed by atoms with Crippen molar-refractivity contribution >= 4 is 27.5 Å². The molecular weight excluding hydrogens is 300 g/mol. The Labute approximate surface area is 117 Å². The van der Waals surface area contributed by atoms with E-state index in [1.165, 1.54) is 5.56 Å². The lowest BCUT2D eigenvalue weighted by atomic mass is 9.92. The van der Waals surface area contributed by atoms with Gasteiger partial charge in [-0.25, -0.2) is 0 Å². The van der Waals surface area contributed by atoms with Gasteiger partial charge in [-0.3, -0.25) is 0 Å². The number of ether oxygens (including phenoxy) is 1. The van der Waals surface area contributed by atoms with Crippen molar-refractivity contribution in [3.8, 4) is 5.75 Å². The van der Waals surface area contributed by atoms with E-state index in [1.54, 1.807) is 0 Å². The standard InChI is InChI=1S/C14H18BrClO/c1-3-9(4-2)13(16)12-8-11(15)7-10-5-6-17-14(10)12/h7-9,13H,3-6H2,1-2H3. The van der Waals surface area contributed by atoms with Gasteiger partial charge in [-0.1, -0.05) is 42.6 Å². The molecule has 1 unspecified atom stereocenters. The summed E-state index contributed by atoms with van der Waals surface area (Å²) < 4.78 is 6.84. The van der Waals surface area contributed by atoms with Gasteiger partial charge in [-0.15, -0.1) is 11.6 Å².